The molecule has 1 saturated heterocycles. The molecule has 1 heterocycles. The zero-order valence-corrected chi connectivity index (χ0v) is 7.06. The van der Waals surface area contributed by atoms with Crippen LogP contribution in [0, 0.1) is 5.92 Å². The number of hydrogen-bond donors (Lipinski definition) is 0. The van der Waals surface area contributed by atoms with E-state index >= 15 is 0 Å². The van der Waals surface area contributed by atoms with Crippen LogP contribution in [-0.4, -0.2) is 24.8 Å². The topological polar surface area (TPSA) is 12.5 Å². The van der Waals surface area contributed by atoms with Crippen molar-refractivity contribution in [1.29, 1.82) is 0 Å². The Morgan fingerprint density at radius 1 is 1.30 bits per heavy atom. The number of nitrogens with zero attached hydrogens (tertiary/aromatic N) is 1. The summed E-state index contributed by atoms with van der Waals surface area (Å²) in [7, 11) is 1.77. The average Bonchev–Trinajstić information content (AvgIpc) is 2.48. The molecule has 0 aromatic rings. The van der Waals surface area contributed by atoms with Gasteiger partial charge in [-0.1, -0.05) is 0 Å². The summed E-state index contributed by atoms with van der Waals surface area (Å²) in [5, 5.41) is 2.11. The molecule has 10 heavy (non-hydrogen) atoms. The van der Waals surface area contributed by atoms with Crippen LogP contribution in [0.1, 0.15) is 19.3 Å². The van der Waals surface area contributed by atoms with Gasteiger partial charge in [0.2, 0.25) is 0 Å². The summed E-state index contributed by atoms with van der Waals surface area (Å²) in [4.78, 5) is 5.13. The van der Waals surface area contributed by atoms with Gasteiger partial charge in [0.15, 0.2) is 0 Å². The molecule has 60 valence electrons. The molecule has 1 saturated carbocycles. The zero-order valence-electron chi connectivity index (χ0n) is 6.25. The van der Waals surface area contributed by atoms with E-state index in [1.807, 2.05) is 0 Å². The lowest BCUT2D eigenvalue weighted by Crippen LogP contribution is -2.47. The Morgan fingerprint density at radius 2 is 2.00 bits per heavy atom. The van der Waals surface area contributed by atoms with Gasteiger partial charge in [-0.3, -0.25) is 0 Å². The molecule has 0 bridgehead atoms. The smallest absolute Gasteiger partial charge is 0.0575 e. The van der Waals surface area contributed by atoms with Crippen molar-refractivity contribution in [3.8, 4) is 0 Å². The van der Waals surface area contributed by atoms with Gasteiger partial charge >= 0.3 is 0 Å². The molecule has 2 nitrogen and oxygen atoms in total. The molecule has 1 atom stereocenters. The minimum Gasteiger partial charge on any atom is -0.302 e. The molecular weight excluding hydrogens is 150 g/mol. The second kappa shape index (κ2) is 3.07. The normalized spacial score (nSPS) is 32.7. The Hall–Kier alpha value is 0.210. The fraction of sp³-hybridized carbons (Fsp3) is 1.00. The highest BCUT2D eigenvalue weighted by Crippen LogP contribution is 2.40. The predicted octanol–water partition coefficient (Wildman–Crippen LogP) is 1.45. The second-order valence-electron chi connectivity index (χ2n) is 3.02. The third kappa shape index (κ3) is 1.29. The molecule has 2 aliphatic rings. The Morgan fingerprint density at radius 3 is 2.30 bits per heavy atom. The molecule has 3 heteroatoms. The molecule has 0 aromatic heterocycles. The van der Waals surface area contributed by atoms with E-state index in [4.69, 9.17) is 4.84 Å². The van der Waals surface area contributed by atoms with Gasteiger partial charge in [0.25, 0.3) is 0 Å². The molecule has 0 radical (unpaired) electrons. The molecule has 0 spiro atoms. The van der Waals surface area contributed by atoms with Gasteiger partial charge in [0.05, 0.1) is 7.11 Å². The summed E-state index contributed by atoms with van der Waals surface area (Å²) in [6.07, 6.45) is 4.23. The molecule has 2 fully saturated rings. The fourth-order valence-corrected chi connectivity index (χ4v) is 1.56. The minimum absolute atomic E-state index is 0. The number of hydroxylamine groups is 2. The summed E-state index contributed by atoms with van der Waals surface area (Å²) in [6.45, 7) is 1.15. The average molecular weight is 164 g/mol. The second-order valence-corrected chi connectivity index (χ2v) is 3.02. The van der Waals surface area contributed by atoms with Crippen molar-refractivity contribution in [3.63, 3.8) is 0 Å². The van der Waals surface area contributed by atoms with Crippen LogP contribution in [0.15, 0.2) is 0 Å². The lowest BCUT2D eigenvalue weighted by molar-refractivity contribution is -0.215. The highest BCUT2D eigenvalue weighted by molar-refractivity contribution is 5.85. The summed E-state index contributed by atoms with van der Waals surface area (Å²) >= 11 is 0. The van der Waals surface area contributed by atoms with Crippen molar-refractivity contribution in [1.82, 2.24) is 5.06 Å². The highest BCUT2D eigenvalue weighted by atomic mass is 35.5. The first-order chi connectivity index (χ1) is 4.42. The summed E-state index contributed by atoms with van der Waals surface area (Å²) in [5.41, 5.74) is 0. The molecule has 0 N–H and O–H groups in total. The maximum Gasteiger partial charge on any atom is 0.0575 e. The maximum absolute atomic E-state index is 5.13. The van der Waals surface area contributed by atoms with Crippen LogP contribution in [-0.2, 0) is 4.84 Å². The quantitative estimate of drug-likeness (QED) is 0.611. The van der Waals surface area contributed by atoms with E-state index in [1.54, 1.807) is 7.11 Å². The van der Waals surface area contributed by atoms with Crippen LogP contribution in [0.2, 0.25) is 0 Å². The van der Waals surface area contributed by atoms with E-state index in [2.05, 4.69) is 5.06 Å². The van der Waals surface area contributed by atoms with Crippen molar-refractivity contribution in [2.24, 2.45) is 5.92 Å². The van der Waals surface area contributed by atoms with Gasteiger partial charge in [-0.15, -0.1) is 12.4 Å². The molecule has 0 aromatic carbocycles. The lowest BCUT2D eigenvalue weighted by Gasteiger charge is -2.38. The van der Waals surface area contributed by atoms with Gasteiger partial charge in [-0.05, 0) is 25.2 Å². The monoisotopic (exact) mass is 163 g/mol. The maximum atomic E-state index is 5.13. The number of halogens is 1. The first kappa shape index (κ1) is 8.31. The van der Waals surface area contributed by atoms with E-state index in [0.717, 1.165) is 18.5 Å². The summed E-state index contributed by atoms with van der Waals surface area (Å²) < 4.78 is 0. The standard InChI is InChI=1S/C7H13NO.ClH/c1-9-8-5-4-7(8)6-2-3-6;/h6-7H,2-5H2,1H3;1H. The van der Waals surface area contributed by atoms with Crippen molar-refractivity contribution < 1.29 is 4.84 Å². The van der Waals surface area contributed by atoms with Crippen molar-refractivity contribution >= 4 is 12.4 Å². The van der Waals surface area contributed by atoms with Crippen molar-refractivity contribution in [3.05, 3.63) is 0 Å². The van der Waals surface area contributed by atoms with Crippen LogP contribution >= 0.6 is 12.4 Å². The first-order valence-electron chi connectivity index (χ1n) is 3.72. The minimum atomic E-state index is 0. The number of rotatable bonds is 2. The van der Waals surface area contributed by atoms with Crippen molar-refractivity contribution in [2.75, 3.05) is 13.7 Å². The van der Waals surface area contributed by atoms with Crippen LogP contribution in [0.25, 0.3) is 0 Å². The van der Waals surface area contributed by atoms with E-state index in [1.165, 1.54) is 19.3 Å². The van der Waals surface area contributed by atoms with Gasteiger partial charge in [-0.25, -0.2) is 0 Å². The molecule has 2 rings (SSSR count). The lowest BCUT2D eigenvalue weighted by atomic mass is 10.0. The largest absolute Gasteiger partial charge is 0.302 e. The molecule has 1 unspecified atom stereocenters. The van der Waals surface area contributed by atoms with Crippen LogP contribution in [0.3, 0.4) is 0 Å². The Kier molecular flexibility index (Phi) is 2.55. The van der Waals surface area contributed by atoms with E-state index in [9.17, 15) is 0 Å². The molecule has 1 aliphatic carbocycles. The molecular formula is C7H14ClNO. The molecule has 0 amide bonds. The first-order valence-corrected chi connectivity index (χ1v) is 3.72. The van der Waals surface area contributed by atoms with E-state index in [-0.39, 0.29) is 12.4 Å². The van der Waals surface area contributed by atoms with Crippen LogP contribution < -0.4 is 0 Å². The van der Waals surface area contributed by atoms with Crippen LogP contribution in [0.5, 0.6) is 0 Å². The van der Waals surface area contributed by atoms with Gasteiger partial charge in [0.1, 0.15) is 0 Å². The summed E-state index contributed by atoms with van der Waals surface area (Å²) in [5.74, 6) is 0.985. The molecule has 1 aliphatic heterocycles. The van der Waals surface area contributed by atoms with E-state index < -0.39 is 0 Å². The number of hydrogen-bond acceptors (Lipinski definition) is 2. The third-order valence-corrected chi connectivity index (χ3v) is 2.42. The third-order valence-electron chi connectivity index (χ3n) is 2.42. The fourth-order valence-electron chi connectivity index (χ4n) is 1.56. The predicted molar refractivity (Wildman–Crippen MR) is 42.1 cm³/mol. The van der Waals surface area contributed by atoms with Gasteiger partial charge in [0, 0.05) is 12.6 Å². The highest BCUT2D eigenvalue weighted by Gasteiger charge is 2.40. The zero-order chi connectivity index (χ0) is 6.27. The Bertz CT molecular complexity index is 114. The van der Waals surface area contributed by atoms with Gasteiger partial charge < -0.3 is 4.84 Å². The SMILES string of the molecule is CON1CCC1C1CC1.Cl. The van der Waals surface area contributed by atoms with Crippen molar-refractivity contribution in [2.45, 2.75) is 25.3 Å². The van der Waals surface area contributed by atoms with Crippen LogP contribution in [0.4, 0.5) is 0 Å². The Balaban J connectivity index is 0.000000500. The van der Waals surface area contributed by atoms with E-state index in [0.29, 0.717) is 0 Å². The van der Waals surface area contributed by atoms with Gasteiger partial charge in [-0.2, -0.15) is 5.06 Å². The summed E-state index contributed by atoms with van der Waals surface area (Å²) in [6, 6.07) is 0.787. The Labute approximate surface area is 67.9 Å².